The quantitative estimate of drug-likeness (QED) is 0.846. The van der Waals surface area contributed by atoms with Gasteiger partial charge < -0.3 is 4.90 Å². The molecular formula is C14H17N3O3. The summed E-state index contributed by atoms with van der Waals surface area (Å²) in [5, 5.41) is 2.13. The predicted octanol–water partition coefficient (Wildman–Crippen LogP) is 1.51. The van der Waals surface area contributed by atoms with Crippen LogP contribution in [0.3, 0.4) is 0 Å². The third-order valence-corrected chi connectivity index (χ3v) is 3.25. The first-order valence-electron chi connectivity index (χ1n) is 6.58. The van der Waals surface area contributed by atoms with Crippen LogP contribution in [0.1, 0.15) is 20.3 Å². The number of hydrogen-bond acceptors (Lipinski definition) is 4. The molecule has 1 saturated heterocycles. The van der Waals surface area contributed by atoms with E-state index in [2.05, 4.69) is 24.1 Å². The summed E-state index contributed by atoms with van der Waals surface area (Å²) < 4.78 is 0. The van der Waals surface area contributed by atoms with Crippen molar-refractivity contribution in [2.75, 3.05) is 22.9 Å². The van der Waals surface area contributed by atoms with E-state index < -0.39 is 17.8 Å². The average Bonchev–Trinajstić information content (AvgIpc) is 2.40. The molecule has 2 rings (SSSR count). The van der Waals surface area contributed by atoms with Gasteiger partial charge in [0, 0.05) is 18.8 Å². The summed E-state index contributed by atoms with van der Waals surface area (Å²) in [5.41, 5.74) is 1.50. The number of nitrogens with zero attached hydrogens (tertiary/aromatic N) is 2. The molecule has 106 valence electrons. The zero-order chi connectivity index (χ0) is 14.7. The van der Waals surface area contributed by atoms with E-state index in [1.165, 1.54) is 0 Å². The molecule has 0 aromatic heterocycles. The highest BCUT2D eigenvalue weighted by atomic mass is 16.2. The largest absolute Gasteiger partial charge is 0.372 e. The van der Waals surface area contributed by atoms with Crippen molar-refractivity contribution in [3.8, 4) is 0 Å². The van der Waals surface area contributed by atoms with Crippen LogP contribution < -0.4 is 15.1 Å². The average molecular weight is 275 g/mol. The summed E-state index contributed by atoms with van der Waals surface area (Å²) >= 11 is 0. The van der Waals surface area contributed by atoms with Crippen molar-refractivity contribution in [3.05, 3.63) is 24.3 Å². The van der Waals surface area contributed by atoms with Crippen LogP contribution >= 0.6 is 0 Å². The molecule has 1 aliphatic rings. The van der Waals surface area contributed by atoms with E-state index in [4.69, 9.17) is 0 Å². The van der Waals surface area contributed by atoms with Crippen molar-refractivity contribution in [1.29, 1.82) is 0 Å². The molecule has 0 unspecified atom stereocenters. The van der Waals surface area contributed by atoms with Gasteiger partial charge >= 0.3 is 6.03 Å². The first-order chi connectivity index (χ1) is 9.56. The second-order valence-electron chi connectivity index (χ2n) is 4.45. The standard InChI is InChI=1S/C14H17N3O3/c1-3-16(4-2)10-5-7-11(8-6-10)17-13(19)9-12(18)15-14(17)20/h5-8H,3-4,9H2,1-2H3,(H,15,18,20). The molecule has 0 saturated carbocycles. The van der Waals surface area contributed by atoms with Crippen LogP contribution in [-0.4, -0.2) is 30.9 Å². The fourth-order valence-corrected chi connectivity index (χ4v) is 2.21. The van der Waals surface area contributed by atoms with Gasteiger partial charge in [0.2, 0.25) is 11.8 Å². The van der Waals surface area contributed by atoms with Crippen LogP contribution in [-0.2, 0) is 9.59 Å². The Morgan fingerprint density at radius 2 is 1.70 bits per heavy atom. The Bertz CT molecular complexity index is 515. The maximum Gasteiger partial charge on any atom is 0.335 e. The fraction of sp³-hybridized carbons (Fsp3) is 0.357. The predicted molar refractivity (Wildman–Crippen MR) is 75.6 cm³/mol. The molecule has 1 heterocycles. The normalized spacial score (nSPS) is 15.3. The summed E-state index contributed by atoms with van der Waals surface area (Å²) in [6, 6.07) is 6.45. The molecule has 1 aromatic carbocycles. The Kier molecular flexibility index (Phi) is 4.02. The molecule has 1 fully saturated rings. The molecule has 1 aromatic rings. The van der Waals surface area contributed by atoms with Gasteiger partial charge in [0.25, 0.3) is 0 Å². The molecule has 0 radical (unpaired) electrons. The van der Waals surface area contributed by atoms with Gasteiger partial charge in [-0.2, -0.15) is 0 Å². The number of imide groups is 2. The van der Waals surface area contributed by atoms with E-state index in [9.17, 15) is 14.4 Å². The number of rotatable bonds is 4. The van der Waals surface area contributed by atoms with E-state index in [0.717, 1.165) is 23.7 Å². The molecule has 1 N–H and O–H groups in total. The maximum absolute atomic E-state index is 11.8. The lowest BCUT2D eigenvalue weighted by Gasteiger charge is -2.26. The van der Waals surface area contributed by atoms with Gasteiger partial charge in [0.1, 0.15) is 6.42 Å². The van der Waals surface area contributed by atoms with Gasteiger partial charge in [-0.15, -0.1) is 0 Å². The number of barbiturate groups is 1. The molecule has 4 amide bonds. The minimum absolute atomic E-state index is 0.302. The van der Waals surface area contributed by atoms with Crippen LogP contribution in [0.15, 0.2) is 24.3 Å². The number of urea groups is 1. The van der Waals surface area contributed by atoms with Crippen LogP contribution in [0.2, 0.25) is 0 Å². The summed E-state index contributed by atoms with van der Waals surface area (Å²) in [7, 11) is 0. The van der Waals surface area contributed by atoms with Crippen molar-refractivity contribution in [1.82, 2.24) is 5.32 Å². The Hall–Kier alpha value is -2.37. The lowest BCUT2D eigenvalue weighted by molar-refractivity contribution is -0.128. The fourth-order valence-electron chi connectivity index (χ4n) is 2.21. The number of amides is 4. The summed E-state index contributed by atoms with van der Waals surface area (Å²) in [4.78, 5) is 37.7. The molecule has 6 nitrogen and oxygen atoms in total. The van der Waals surface area contributed by atoms with E-state index >= 15 is 0 Å². The lowest BCUT2D eigenvalue weighted by Crippen LogP contribution is -2.52. The van der Waals surface area contributed by atoms with E-state index in [1.54, 1.807) is 12.1 Å². The third-order valence-electron chi connectivity index (χ3n) is 3.25. The second-order valence-corrected chi connectivity index (χ2v) is 4.45. The van der Waals surface area contributed by atoms with Crippen molar-refractivity contribution in [3.63, 3.8) is 0 Å². The number of carbonyl (C=O) groups excluding carboxylic acids is 3. The van der Waals surface area contributed by atoms with Gasteiger partial charge in [-0.25, -0.2) is 9.69 Å². The molecule has 0 bridgehead atoms. The number of benzene rings is 1. The van der Waals surface area contributed by atoms with Crippen molar-refractivity contribution in [2.24, 2.45) is 0 Å². The SMILES string of the molecule is CCN(CC)c1ccc(N2C(=O)CC(=O)NC2=O)cc1. The van der Waals surface area contributed by atoms with E-state index in [-0.39, 0.29) is 6.42 Å². The molecule has 1 aliphatic heterocycles. The second kappa shape index (κ2) is 5.73. The molecule has 0 atom stereocenters. The number of anilines is 2. The Balaban J connectivity index is 2.23. The number of nitrogens with one attached hydrogen (secondary N) is 1. The van der Waals surface area contributed by atoms with Crippen LogP contribution in [0.5, 0.6) is 0 Å². The molecular weight excluding hydrogens is 258 g/mol. The molecule has 6 heteroatoms. The van der Waals surface area contributed by atoms with Crippen molar-refractivity contribution in [2.45, 2.75) is 20.3 Å². The number of hydrogen-bond donors (Lipinski definition) is 1. The first kappa shape index (κ1) is 14.0. The topological polar surface area (TPSA) is 69.7 Å². The summed E-state index contributed by atoms with van der Waals surface area (Å²) in [6.07, 6.45) is -0.302. The van der Waals surface area contributed by atoms with Crippen molar-refractivity contribution < 1.29 is 14.4 Å². The van der Waals surface area contributed by atoms with Gasteiger partial charge in [-0.3, -0.25) is 14.9 Å². The Morgan fingerprint density at radius 1 is 1.10 bits per heavy atom. The van der Waals surface area contributed by atoms with Crippen LogP contribution in [0.4, 0.5) is 16.2 Å². The smallest absolute Gasteiger partial charge is 0.335 e. The summed E-state index contributed by atoms with van der Waals surface area (Å²) in [5.74, 6) is -1.06. The number of carbonyl (C=O) groups is 3. The van der Waals surface area contributed by atoms with Crippen molar-refractivity contribution >= 4 is 29.2 Å². The van der Waals surface area contributed by atoms with Crippen LogP contribution in [0.25, 0.3) is 0 Å². The lowest BCUT2D eigenvalue weighted by atomic mass is 10.2. The highest BCUT2D eigenvalue weighted by Crippen LogP contribution is 2.22. The van der Waals surface area contributed by atoms with E-state index in [1.807, 2.05) is 12.1 Å². The zero-order valence-electron chi connectivity index (χ0n) is 11.5. The Morgan fingerprint density at radius 3 is 2.20 bits per heavy atom. The van der Waals surface area contributed by atoms with Gasteiger partial charge in [-0.05, 0) is 38.1 Å². The van der Waals surface area contributed by atoms with Crippen LogP contribution in [0, 0.1) is 0 Å². The maximum atomic E-state index is 11.8. The highest BCUT2D eigenvalue weighted by molar-refractivity contribution is 6.26. The van der Waals surface area contributed by atoms with E-state index in [0.29, 0.717) is 5.69 Å². The van der Waals surface area contributed by atoms with Gasteiger partial charge in [0.05, 0.1) is 5.69 Å². The summed E-state index contributed by atoms with van der Waals surface area (Å²) in [6.45, 7) is 5.89. The highest BCUT2D eigenvalue weighted by Gasteiger charge is 2.31. The zero-order valence-corrected chi connectivity index (χ0v) is 11.5. The molecule has 20 heavy (non-hydrogen) atoms. The minimum atomic E-state index is -0.693. The minimum Gasteiger partial charge on any atom is -0.372 e. The third kappa shape index (κ3) is 2.64. The molecule has 0 spiro atoms. The monoisotopic (exact) mass is 275 g/mol. The van der Waals surface area contributed by atoms with Gasteiger partial charge in [0.15, 0.2) is 0 Å². The Labute approximate surface area is 117 Å². The first-order valence-corrected chi connectivity index (χ1v) is 6.58. The van der Waals surface area contributed by atoms with Gasteiger partial charge in [-0.1, -0.05) is 0 Å². The molecule has 0 aliphatic carbocycles.